The number of anilines is 1. The second-order valence-corrected chi connectivity index (χ2v) is 8.78. The summed E-state index contributed by atoms with van der Waals surface area (Å²) in [7, 11) is 0. The Kier molecular flexibility index (Phi) is 7.47. The number of nitrogens with one attached hydrogen (secondary N) is 1. The van der Waals surface area contributed by atoms with Crippen LogP contribution in [0.5, 0.6) is 0 Å². The van der Waals surface area contributed by atoms with Crippen molar-refractivity contribution in [1.29, 1.82) is 0 Å². The maximum absolute atomic E-state index is 13.2. The highest BCUT2D eigenvalue weighted by Gasteiger charge is 2.35. The summed E-state index contributed by atoms with van der Waals surface area (Å²) in [6, 6.07) is 14.6. The molecule has 1 aromatic heterocycles. The van der Waals surface area contributed by atoms with Gasteiger partial charge >= 0.3 is 6.18 Å². The normalized spacial score (nSPS) is 11.7. The fraction of sp³-hybridized carbons (Fsp3) is 0.273. The number of aromatic nitrogens is 1. The summed E-state index contributed by atoms with van der Waals surface area (Å²) in [4.78, 5) is 18.1. The molecular formula is C22H22BrF3N2OS. The molecule has 0 aliphatic heterocycles. The molecule has 160 valence electrons. The second-order valence-electron chi connectivity index (χ2n) is 7.70. The van der Waals surface area contributed by atoms with Gasteiger partial charge in [0, 0.05) is 16.7 Å². The first-order valence-corrected chi connectivity index (χ1v) is 9.89. The van der Waals surface area contributed by atoms with Gasteiger partial charge in [-0.1, -0.05) is 63.2 Å². The third-order valence-electron chi connectivity index (χ3n) is 4.31. The van der Waals surface area contributed by atoms with E-state index in [0.717, 1.165) is 22.2 Å². The largest absolute Gasteiger partial charge is 0.417 e. The quantitative estimate of drug-likeness (QED) is 0.425. The van der Waals surface area contributed by atoms with Crippen molar-refractivity contribution in [2.75, 3.05) is 5.32 Å². The van der Waals surface area contributed by atoms with Crippen LogP contribution in [0.15, 0.2) is 54.6 Å². The van der Waals surface area contributed by atoms with E-state index in [1.54, 1.807) is 0 Å². The zero-order valence-electron chi connectivity index (χ0n) is 16.7. The third kappa shape index (κ3) is 5.70. The first kappa shape index (κ1) is 24.1. The Labute approximate surface area is 188 Å². The van der Waals surface area contributed by atoms with E-state index in [4.69, 9.17) is 0 Å². The van der Waals surface area contributed by atoms with Crippen LogP contribution in [0.4, 0.5) is 18.3 Å². The Balaban J connectivity index is 0.00000320. The molecule has 1 heterocycles. The summed E-state index contributed by atoms with van der Waals surface area (Å²) in [5, 5.41) is 2.85. The van der Waals surface area contributed by atoms with Gasteiger partial charge in [-0.3, -0.25) is 10.1 Å². The number of halogens is 4. The van der Waals surface area contributed by atoms with Crippen LogP contribution in [0.1, 0.15) is 52.8 Å². The molecule has 3 aromatic rings. The van der Waals surface area contributed by atoms with Gasteiger partial charge in [-0.2, -0.15) is 13.2 Å². The van der Waals surface area contributed by atoms with Crippen LogP contribution in [0.25, 0.3) is 0 Å². The molecule has 0 aliphatic carbocycles. The predicted octanol–water partition coefficient (Wildman–Crippen LogP) is 6.88. The van der Waals surface area contributed by atoms with Gasteiger partial charge in [-0.25, -0.2) is 4.98 Å². The summed E-state index contributed by atoms with van der Waals surface area (Å²) in [5.74, 6) is -0.821. The van der Waals surface area contributed by atoms with Gasteiger partial charge in [0.15, 0.2) is 5.13 Å². The van der Waals surface area contributed by atoms with Crippen LogP contribution in [-0.4, -0.2) is 10.9 Å². The van der Waals surface area contributed by atoms with Gasteiger partial charge in [0.25, 0.3) is 5.91 Å². The van der Waals surface area contributed by atoms with E-state index < -0.39 is 23.2 Å². The first-order chi connectivity index (χ1) is 13.6. The Hall–Kier alpha value is -2.19. The minimum Gasteiger partial charge on any atom is -0.298 e. The molecule has 30 heavy (non-hydrogen) atoms. The number of benzene rings is 2. The number of thiazole rings is 1. The summed E-state index contributed by atoms with van der Waals surface area (Å²) >= 11 is 1.29. The third-order valence-corrected chi connectivity index (χ3v) is 5.28. The maximum atomic E-state index is 13.2. The van der Waals surface area contributed by atoms with Gasteiger partial charge in [0.1, 0.15) is 0 Å². The predicted molar refractivity (Wildman–Crippen MR) is 120 cm³/mol. The highest BCUT2D eigenvalue weighted by Crippen LogP contribution is 2.35. The minimum absolute atomic E-state index is 0. The van der Waals surface area contributed by atoms with Crippen molar-refractivity contribution in [2.24, 2.45) is 0 Å². The van der Waals surface area contributed by atoms with Crippen LogP contribution in [0, 0.1) is 0 Å². The van der Waals surface area contributed by atoms with Crippen molar-refractivity contribution >= 4 is 39.4 Å². The summed E-state index contributed by atoms with van der Waals surface area (Å²) < 4.78 is 39.7. The lowest BCUT2D eigenvalue weighted by atomic mass is 9.90. The molecule has 0 bridgehead atoms. The fourth-order valence-corrected chi connectivity index (χ4v) is 4.19. The molecule has 3 rings (SSSR count). The monoisotopic (exact) mass is 498 g/mol. The molecule has 0 fully saturated rings. The van der Waals surface area contributed by atoms with Gasteiger partial charge in [-0.15, -0.1) is 28.3 Å². The zero-order chi connectivity index (χ0) is 21.2. The zero-order valence-corrected chi connectivity index (χ0v) is 19.2. The molecule has 0 atom stereocenters. The van der Waals surface area contributed by atoms with Crippen LogP contribution in [0.2, 0.25) is 0 Å². The second kappa shape index (κ2) is 9.31. The highest BCUT2D eigenvalue weighted by molar-refractivity contribution is 8.93. The molecule has 0 aliphatic rings. The fourth-order valence-electron chi connectivity index (χ4n) is 2.99. The minimum atomic E-state index is -4.61. The molecule has 1 N–H and O–H groups in total. The van der Waals surface area contributed by atoms with Crippen molar-refractivity contribution in [2.45, 2.75) is 38.8 Å². The SMILES string of the molecule is Br.CC(C)(C)c1nc(NC(=O)c2ccccc2C(F)(F)F)sc1Cc1ccccc1. The van der Waals surface area contributed by atoms with E-state index in [0.29, 0.717) is 11.6 Å². The molecule has 0 unspecified atom stereocenters. The number of hydrogen-bond acceptors (Lipinski definition) is 3. The van der Waals surface area contributed by atoms with Crippen LogP contribution < -0.4 is 5.32 Å². The Bertz CT molecular complexity index is 1010. The molecule has 2 aromatic carbocycles. The average Bonchev–Trinajstić information content (AvgIpc) is 3.04. The number of amides is 1. The van der Waals surface area contributed by atoms with Crippen molar-refractivity contribution in [3.05, 3.63) is 81.9 Å². The lowest BCUT2D eigenvalue weighted by Crippen LogP contribution is -2.19. The number of nitrogens with zero attached hydrogens (tertiary/aromatic N) is 1. The first-order valence-electron chi connectivity index (χ1n) is 9.07. The van der Waals surface area contributed by atoms with Crippen molar-refractivity contribution in [3.8, 4) is 0 Å². The number of carbonyl (C=O) groups excluding carboxylic acids is 1. The van der Waals surface area contributed by atoms with E-state index in [2.05, 4.69) is 10.3 Å². The van der Waals surface area contributed by atoms with Crippen LogP contribution in [-0.2, 0) is 18.0 Å². The van der Waals surface area contributed by atoms with E-state index in [9.17, 15) is 18.0 Å². The molecule has 0 saturated carbocycles. The molecule has 1 amide bonds. The molecular weight excluding hydrogens is 477 g/mol. The Morgan fingerprint density at radius 3 is 2.20 bits per heavy atom. The molecule has 8 heteroatoms. The topological polar surface area (TPSA) is 42.0 Å². The van der Waals surface area contributed by atoms with E-state index in [1.165, 1.54) is 29.5 Å². The van der Waals surface area contributed by atoms with Crippen molar-refractivity contribution < 1.29 is 18.0 Å². The average molecular weight is 499 g/mol. The van der Waals surface area contributed by atoms with Gasteiger partial charge in [0.2, 0.25) is 0 Å². The van der Waals surface area contributed by atoms with E-state index in [-0.39, 0.29) is 22.4 Å². The lowest BCUT2D eigenvalue weighted by molar-refractivity contribution is -0.137. The number of hydrogen-bond donors (Lipinski definition) is 1. The van der Waals surface area contributed by atoms with Crippen molar-refractivity contribution in [3.63, 3.8) is 0 Å². The summed E-state index contributed by atoms with van der Waals surface area (Å²) in [5.41, 5.74) is 0.271. The van der Waals surface area contributed by atoms with Gasteiger partial charge in [-0.05, 0) is 17.7 Å². The molecule has 0 spiro atoms. The molecule has 3 nitrogen and oxygen atoms in total. The number of carbonyl (C=O) groups is 1. The highest BCUT2D eigenvalue weighted by atomic mass is 79.9. The Morgan fingerprint density at radius 2 is 1.60 bits per heavy atom. The van der Waals surface area contributed by atoms with Gasteiger partial charge in [0.05, 0.1) is 16.8 Å². The van der Waals surface area contributed by atoms with Crippen LogP contribution in [0.3, 0.4) is 0 Å². The number of rotatable bonds is 4. The summed E-state index contributed by atoms with van der Waals surface area (Å²) in [6.45, 7) is 6.04. The summed E-state index contributed by atoms with van der Waals surface area (Å²) in [6.07, 6.45) is -3.97. The molecule has 0 radical (unpaired) electrons. The molecule has 0 saturated heterocycles. The van der Waals surface area contributed by atoms with E-state index in [1.807, 2.05) is 51.1 Å². The van der Waals surface area contributed by atoms with Gasteiger partial charge < -0.3 is 0 Å². The van der Waals surface area contributed by atoms with Crippen LogP contribution >= 0.6 is 28.3 Å². The lowest BCUT2D eigenvalue weighted by Gasteiger charge is -2.17. The van der Waals surface area contributed by atoms with E-state index >= 15 is 0 Å². The Morgan fingerprint density at radius 1 is 1.00 bits per heavy atom. The van der Waals surface area contributed by atoms with Crippen molar-refractivity contribution in [1.82, 2.24) is 4.98 Å². The standard InChI is InChI=1S/C22H21F3N2OS.BrH/c1-21(2,3)18-17(13-14-9-5-4-6-10-14)29-20(26-18)27-19(28)15-11-7-8-12-16(15)22(23,24)25;/h4-12H,13H2,1-3H3,(H,26,27,28);1H. The smallest absolute Gasteiger partial charge is 0.298 e. The maximum Gasteiger partial charge on any atom is 0.417 e. The number of alkyl halides is 3.